The zero-order chi connectivity index (χ0) is 77.4. The molecule has 0 saturated carbocycles. The molecular formula is C87H140O17P2. The van der Waals surface area contributed by atoms with Crippen molar-refractivity contribution < 1.29 is 80.2 Å². The number of unbranched alkanes of at least 4 members (excludes halogenated alkanes) is 17. The number of phosphoric ester groups is 2. The fraction of sp³-hybridized carbons (Fsp3) is 0.609. The third-order valence-corrected chi connectivity index (χ3v) is 17.8. The molecule has 19 heteroatoms. The van der Waals surface area contributed by atoms with E-state index in [9.17, 15) is 43.2 Å². The van der Waals surface area contributed by atoms with Crippen molar-refractivity contribution in [1.82, 2.24) is 0 Å². The van der Waals surface area contributed by atoms with Crippen molar-refractivity contribution in [3.8, 4) is 0 Å². The molecule has 106 heavy (non-hydrogen) atoms. The van der Waals surface area contributed by atoms with E-state index in [0.29, 0.717) is 38.5 Å². The Morgan fingerprint density at radius 1 is 0.274 bits per heavy atom. The molecule has 0 aromatic carbocycles. The van der Waals surface area contributed by atoms with Crippen molar-refractivity contribution in [3.05, 3.63) is 182 Å². The van der Waals surface area contributed by atoms with Crippen LogP contribution in [0.3, 0.4) is 0 Å². The number of carbonyl (C=O) groups is 4. The van der Waals surface area contributed by atoms with Crippen LogP contribution in [0.15, 0.2) is 182 Å². The Hall–Kier alpha value is -5.84. The lowest BCUT2D eigenvalue weighted by Gasteiger charge is -2.21. The number of ether oxygens (including phenoxy) is 4. The Kier molecular flexibility index (Phi) is 73.1. The van der Waals surface area contributed by atoms with Crippen molar-refractivity contribution in [2.75, 3.05) is 39.6 Å². The summed E-state index contributed by atoms with van der Waals surface area (Å²) in [7, 11) is -10.0. The van der Waals surface area contributed by atoms with Crippen LogP contribution in [0.25, 0.3) is 0 Å². The Morgan fingerprint density at radius 2 is 0.519 bits per heavy atom. The molecule has 5 atom stereocenters. The van der Waals surface area contributed by atoms with E-state index in [1.165, 1.54) is 38.5 Å². The topological polar surface area (TPSA) is 237 Å². The van der Waals surface area contributed by atoms with Gasteiger partial charge in [0.1, 0.15) is 19.3 Å². The average molecular weight is 1520 g/mol. The molecule has 0 aliphatic rings. The van der Waals surface area contributed by atoms with Crippen LogP contribution in [0.1, 0.15) is 285 Å². The van der Waals surface area contributed by atoms with Gasteiger partial charge in [0.25, 0.3) is 0 Å². The molecule has 0 saturated heterocycles. The predicted octanol–water partition coefficient (Wildman–Crippen LogP) is 23.6. The van der Waals surface area contributed by atoms with Gasteiger partial charge in [-0.2, -0.15) is 0 Å². The second kappa shape index (κ2) is 77.3. The van der Waals surface area contributed by atoms with Gasteiger partial charge in [0, 0.05) is 25.7 Å². The number of rotatable bonds is 73. The Balaban J connectivity index is 5.47. The molecule has 0 bridgehead atoms. The number of allylic oxidation sites excluding steroid dienone is 30. The standard InChI is InChI=1S/C87H140O17P2/c1-5-9-13-17-21-25-29-32-35-38-40-43-45-48-52-55-59-63-67-71-84(89)97-77-82(103-86(91)73-69-65-61-57-51-28-24-20-16-12-8-4)79-101-105(93,94)99-75-81(88)76-100-106(95,96)102-80-83(104-87(92)74-70-66-62-58-54-50-47-42-37-34-31-27-23-19-15-11-7-3)78-98-85(90)72-68-64-60-56-53-49-46-44-41-39-36-33-30-26-22-18-14-10-6-2/h9-11,13-15,21-23,25-27,32-37,40-41,43-44,47-48,50,52,58-59,62-63,81-83,88H,5-8,12,16-20,24,28-31,38-39,42,45-46,49,51,53-57,60-61,64-80H2,1-4H3,(H,93,94)(H,95,96)/b13-9-,14-10-,15-11-,25-21-,26-22-,27-23-,35-32-,36-33-,37-34-,43-40-,44-41-,50-47-,52-48-,62-58-,63-59-. The van der Waals surface area contributed by atoms with Crippen molar-refractivity contribution in [2.45, 2.75) is 303 Å². The third kappa shape index (κ3) is 76.4. The molecule has 0 spiro atoms. The van der Waals surface area contributed by atoms with E-state index in [0.717, 1.165) is 154 Å². The molecule has 0 aliphatic carbocycles. The lowest BCUT2D eigenvalue weighted by Crippen LogP contribution is -2.30. The first-order chi connectivity index (χ1) is 51.7. The molecular weight excluding hydrogens is 1380 g/mol. The van der Waals surface area contributed by atoms with E-state index in [1.54, 1.807) is 0 Å². The highest BCUT2D eigenvalue weighted by Gasteiger charge is 2.30. The van der Waals surface area contributed by atoms with E-state index < -0.39 is 97.5 Å². The summed E-state index contributed by atoms with van der Waals surface area (Å²) in [5, 5.41) is 10.6. The first-order valence-electron chi connectivity index (χ1n) is 40.0. The Morgan fingerprint density at radius 3 is 0.849 bits per heavy atom. The molecule has 0 radical (unpaired) electrons. The summed E-state index contributed by atoms with van der Waals surface area (Å²) in [4.78, 5) is 73.0. The van der Waals surface area contributed by atoms with Crippen LogP contribution in [0.5, 0.6) is 0 Å². The van der Waals surface area contributed by atoms with Crippen molar-refractivity contribution >= 4 is 39.5 Å². The van der Waals surface area contributed by atoms with Gasteiger partial charge in [-0.3, -0.25) is 37.3 Å². The third-order valence-electron chi connectivity index (χ3n) is 15.9. The van der Waals surface area contributed by atoms with Crippen molar-refractivity contribution in [3.63, 3.8) is 0 Å². The lowest BCUT2D eigenvalue weighted by atomic mass is 10.1. The quantitative estimate of drug-likeness (QED) is 0.0169. The summed E-state index contributed by atoms with van der Waals surface area (Å²) in [5.41, 5.74) is 0. The molecule has 0 heterocycles. The van der Waals surface area contributed by atoms with Crippen molar-refractivity contribution in [2.24, 2.45) is 0 Å². The number of hydrogen-bond acceptors (Lipinski definition) is 15. The fourth-order valence-corrected chi connectivity index (χ4v) is 11.5. The first-order valence-corrected chi connectivity index (χ1v) is 43.0. The average Bonchev–Trinajstić information content (AvgIpc) is 0.901. The molecule has 0 aliphatic heterocycles. The van der Waals surface area contributed by atoms with Crippen LogP contribution < -0.4 is 0 Å². The minimum Gasteiger partial charge on any atom is -0.462 e. The van der Waals surface area contributed by atoms with Gasteiger partial charge in [-0.15, -0.1) is 0 Å². The molecule has 0 rings (SSSR count). The van der Waals surface area contributed by atoms with E-state index in [4.69, 9.17) is 37.0 Å². The zero-order valence-electron chi connectivity index (χ0n) is 65.5. The maximum atomic E-state index is 13.1. The summed E-state index contributed by atoms with van der Waals surface area (Å²) in [6.45, 7) is 4.34. The highest BCUT2D eigenvalue weighted by atomic mass is 31.2. The van der Waals surface area contributed by atoms with E-state index in [1.807, 2.05) is 30.4 Å². The van der Waals surface area contributed by atoms with Gasteiger partial charge in [0.15, 0.2) is 12.2 Å². The number of esters is 4. The lowest BCUT2D eigenvalue weighted by molar-refractivity contribution is -0.161. The summed E-state index contributed by atoms with van der Waals surface area (Å²) < 4.78 is 68.4. The van der Waals surface area contributed by atoms with Gasteiger partial charge in [0.05, 0.1) is 26.4 Å². The van der Waals surface area contributed by atoms with Gasteiger partial charge in [0.2, 0.25) is 0 Å². The number of aliphatic hydroxyl groups is 1. The minimum absolute atomic E-state index is 0.00511. The molecule has 0 aromatic heterocycles. The fourth-order valence-electron chi connectivity index (χ4n) is 9.92. The highest BCUT2D eigenvalue weighted by Crippen LogP contribution is 2.45. The number of phosphoric acid groups is 2. The van der Waals surface area contributed by atoms with Gasteiger partial charge in [-0.25, -0.2) is 9.13 Å². The Bertz CT molecular complexity index is 2730. The number of hydrogen-bond donors (Lipinski definition) is 3. The van der Waals surface area contributed by atoms with Gasteiger partial charge < -0.3 is 33.8 Å². The molecule has 5 unspecified atom stereocenters. The SMILES string of the molecule is CC/C=C\C/C=C\C/C=C\C/C=C\C/C=C\C/C=C\CCC(=O)OCC(COP(=O)(O)OCC(O)COP(=O)(O)OCC(COC(=O)CCCCCCCC/C=C\C/C=C\C/C=C\C/C=C\CC)OC(=O)CCC/C=C\C/C=C\C/C=C\C/C=C\C/C=C\CC)OC(=O)CCCCCCCCCCCCC. The van der Waals surface area contributed by atoms with Gasteiger partial charge in [-0.1, -0.05) is 300 Å². The second-order valence-corrected chi connectivity index (χ2v) is 28.8. The number of aliphatic hydroxyl groups excluding tert-OH is 1. The first kappa shape index (κ1) is 100. The van der Waals surface area contributed by atoms with Crippen LogP contribution in [-0.2, 0) is 65.4 Å². The highest BCUT2D eigenvalue weighted by molar-refractivity contribution is 7.47. The summed E-state index contributed by atoms with van der Waals surface area (Å²) in [6, 6.07) is 0. The maximum Gasteiger partial charge on any atom is 0.472 e. The molecule has 17 nitrogen and oxygen atoms in total. The monoisotopic (exact) mass is 1520 g/mol. The van der Waals surface area contributed by atoms with Crippen LogP contribution in [0.4, 0.5) is 0 Å². The summed E-state index contributed by atoms with van der Waals surface area (Å²) >= 11 is 0. The van der Waals surface area contributed by atoms with Crippen molar-refractivity contribution in [1.29, 1.82) is 0 Å². The second-order valence-electron chi connectivity index (χ2n) is 25.9. The molecule has 3 N–H and O–H groups in total. The summed E-state index contributed by atoms with van der Waals surface area (Å²) in [5.74, 6) is -2.37. The number of carbonyl (C=O) groups excluding carboxylic acids is 4. The largest absolute Gasteiger partial charge is 0.472 e. The van der Waals surface area contributed by atoms with E-state index in [2.05, 4.69) is 180 Å². The minimum atomic E-state index is -5.01. The van der Waals surface area contributed by atoms with Crippen LogP contribution >= 0.6 is 15.6 Å². The van der Waals surface area contributed by atoms with Crippen LogP contribution in [-0.4, -0.2) is 96.7 Å². The molecule has 0 fully saturated rings. The zero-order valence-corrected chi connectivity index (χ0v) is 67.3. The van der Waals surface area contributed by atoms with Crippen LogP contribution in [0.2, 0.25) is 0 Å². The molecule has 600 valence electrons. The molecule has 0 amide bonds. The van der Waals surface area contributed by atoms with E-state index in [-0.39, 0.29) is 25.7 Å². The maximum absolute atomic E-state index is 13.1. The molecule has 0 aromatic rings. The van der Waals surface area contributed by atoms with Gasteiger partial charge >= 0.3 is 39.5 Å². The van der Waals surface area contributed by atoms with Gasteiger partial charge in [-0.05, 0) is 141 Å². The van der Waals surface area contributed by atoms with E-state index >= 15 is 0 Å². The predicted molar refractivity (Wildman–Crippen MR) is 436 cm³/mol. The van der Waals surface area contributed by atoms with Crippen LogP contribution in [0, 0.1) is 0 Å². The normalized spacial score (nSPS) is 14.8. The smallest absolute Gasteiger partial charge is 0.462 e. The Labute approximate surface area is 641 Å². The summed E-state index contributed by atoms with van der Waals surface area (Å²) in [6.07, 6.45) is 93.3.